The second kappa shape index (κ2) is 10.2. The summed E-state index contributed by atoms with van der Waals surface area (Å²) in [6, 6.07) is 22.7. The molecule has 0 aliphatic rings. The summed E-state index contributed by atoms with van der Waals surface area (Å²) in [6.07, 6.45) is 1.57. The first-order chi connectivity index (χ1) is 15.6. The smallest absolute Gasteiger partial charge is 0.257 e. The van der Waals surface area contributed by atoms with Crippen molar-refractivity contribution in [1.82, 2.24) is 4.98 Å². The van der Waals surface area contributed by atoms with Gasteiger partial charge in [0.2, 0.25) is 5.91 Å². The van der Waals surface area contributed by atoms with E-state index < -0.39 is 5.25 Å². The fourth-order valence-electron chi connectivity index (χ4n) is 3.11. The Hall–Kier alpha value is -3.58. The quantitative estimate of drug-likeness (QED) is 0.318. The van der Waals surface area contributed by atoms with E-state index in [4.69, 9.17) is 9.15 Å². The largest absolute Gasteiger partial charge is 0.492 e. The number of rotatable bonds is 8. The summed E-state index contributed by atoms with van der Waals surface area (Å²) in [5, 5.41) is 2.70. The molecule has 1 heterocycles. The normalized spacial score (nSPS) is 11.7. The molecule has 0 fully saturated rings. The summed E-state index contributed by atoms with van der Waals surface area (Å²) in [6.45, 7) is 2.38. The Kier molecular flexibility index (Phi) is 6.87. The van der Waals surface area contributed by atoms with E-state index in [9.17, 15) is 9.18 Å². The molecule has 0 radical (unpaired) electrons. The molecule has 0 aliphatic heterocycles. The summed E-state index contributed by atoms with van der Waals surface area (Å²) in [7, 11) is 0. The highest BCUT2D eigenvalue weighted by Gasteiger charge is 2.25. The highest BCUT2D eigenvalue weighted by molar-refractivity contribution is 8.00. The number of carbonyl (C=O) groups excluding carboxylic acids is 1. The first kappa shape index (κ1) is 21.6. The molecule has 1 aromatic heterocycles. The SMILES string of the molecule is CCOc1ccccc1NC(=O)C(Sc1ncc(-c2ccc(F)cc2)o1)c1ccccc1. The van der Waals surface area contributed by atoms with Crippen LogP contribution in [0.25, 0.3) is 11.3 Å². The number of nitrogens with zero attached hydrogens (tertiary/aromatic N) is 1. The zero-order valence-corrected chi connectivity index (χ0v) is 18.1. The van der Waals surface area contributed by atoms with Crippen LogP contribution >= 0.6 is 11.8 Å². The van der Waals surface area contributed by atoms with Gasteiger partial charge in [0.05, 0.1) is 18.5 Å². The summed E-state index contributed by atoms with van der Waals surface area (Å²) in [5.41, 5.74) is 2.11. The molecule has 1 atom stereocenters. The third kappa shape index (κ3) is 5.18. The van der Waals surface area contributed by atoms with E-state index in [2.05, 4.69) is 10.3 Å². The monoisotopic (exact) mass is 448 g/mol. The number of ether oxygens (including phenoxy) is 1. The molecule has 1 N–H and O–H groups in total. The van der Waals surface area contributed by atoms with Gasteiger partial charge >= 0.3 is 0 Å². The fraction of sp³-hybridized carbons (Fsp3) is 0.120. The summed E-state index contributed by atoms with van der Waals surface area (Å²) in [5.74, 6) is 0.558. The Bertz CT molecular complexity index is 1180. The van der Waals surface area contributed by atoms with Crippen LogP contribution in [0.15, 0.2) is 94.7 Å². The first-order valence-corrected chi connectivity index (χ1v) is 11.0. The maximum absolute atomic E-state index is 13.3. The number of anilines is 1. The number of oxazole rings is 1. The second-order valence-corrected chi connectivity index (χ2v) is 7.88. The number of hydrogen-bond acceptors (Lipinski definition) is 5. The number of carbonyl (C=O) groups is 1. The first-order valence-electron chi connectivity index (χ1n) is 10.1. The maximum Gasteiger partial charge on any atom is 0.257 e. The van der Waals surface area contributed by atoms with Crippen LogP contribution in [-0.2, 0) is 4.79 Å². The maximum atomic E-state index is 13.3. The predicted molar refractivity (Wildman–Crippen MR) is 123 cm³/mol. The van der Waals surface area contributed by atoms with Crippen molar-refractivity contribution < 1.29 is 18.3 Å². The van der Waals surface area contributed by atoms with Gasteiger partial charge in [-0.3, -0.25) is 4.79 Å². The van der Waals surface area contributed by atoms with E-state index in [0.29, 0.717) is 34.6 Å². The van der Waals surface area contributed by atoms with Gasteiger partial charge in [0.15, 0.2) is 5.76 Å². The number of aromatic nitrogens is 1. The molecule has 0 aliphatic carbocycles. The lowest BCUT2D eigenvalue weighted by Gasteiger charge is -2.17. The number of hydrogen-bond donors (Lipinski definition) is 1. The second-order valence-electron chi connectivity index (χ2n) is 6.82. The number of amides is 1. The molecular formula is C25H21FN2O3S. The van der Waals surface area contributed by atoms with Crippen LogP contribution in [0.1, 0.15) is 17.7 Å². The van der Waals surface area contributed by atoms with Crippen molar-refractivity contribution in [3.8, 4) is 17.1 Å². The zero-order valence-electron chi connectivity index (χ0n) is 17.3. The van der Waals surface area contributed by atoms with Crippen LogP contribution in [0.2, 0.25) is 0 Å². The van der Waals surface area contributed by atoms with Gasteiger partial charge in [0.25, 0.3) is 5.22 Å². The minimum Gasteiger partial charge on any atom is -0.492 e. The summed E-state index contributed by atoms with van der Waals surface area (Å²) >= 11 is 1.20. The molecule has 5 nitrogen and oxygen atoms in total. The van der Waals surface area contributed by atoms with Gasteiger partial charge in [-0.15, -0.1) is 0 Å². The Morgan fingerprint density at radius 3 is 2.53 bits per heavy atom. The fourth-order valence-corrected chi connectivity index (χ4v) is 4.02. The molecule has 1 unspecified atom stereocenters. The van der Waals surface area contributed by atoms with Crippen LogP contribution in [-0.4, -0.2) is 17.5 Å². The molecule has 0 spiro atoms. The molecule has 4 rings (SSSR count). The lowest BCUT2D eigenvalue weighted by atomic mass is 10.1. The van der Waals surface area contributed by atoms with Crippen molar-refractivity contribution in [2.75, 3.05) is 11.9 Å². The van der Waals surface area contributed by atoms with Crippen LogP contribution < -0.4 is 10.1 Å². The Morgan fingerprint density at radius 2 is 1.78 bits per heavy atom. The van der Waals surface area contributed by atoms with Gasteiger partial charge < -0.3 is 14.5 Å². The number of thioether (sulfide) groups is 1. The van der Waals surface area contributed by atoms with Crippen molar-refractivity contribution >= 4 is 23.4 Å². The van der Waals surface area contributed by atoms with Crippen molar-refractivity contribution in [2.45, 2.75) is 17.4 Å². The average Bonchev–Trinajstić information content (AvgIpc) is 3.29. The Balaban J connectivity index is 1.58. The van der Waals surface area contributed by atoms with Crippen molar-refractivity contribution in [2.24, 2.45) is 0 Å². The van der Waals surface area contributed by atoms with Crippen molar-refractivity contribution in [3.63, 3.8) is 0 Å². The van der Waals surface area contributed by atoms with E-state index in [0.717, 1.165) is 5.56 Å². The molecule has 7 heteroatoms. The highest BCUT2D eigenvalue weighted by Crippen LogP contribution is 2.38. The lowest BCUT2D eigenvalue weighted by Crippen LogP contribution is -2.19. The molecule has 3 aromatic carbocycles. The van der Waals surface area contributed by atoms with Gasteiger partial charge in [0.1, 0.15) is 16.8 Å². The number of para-hydroxylation sites is 2. The van der Waals surface area contributed by atoms with Crippen molar-refractivity contribution in [1.29, 1.82) is 0 Å². The molecule has 0 bridgehead atoms. The molecule has 162 valence electrons. The number of benzene rings is 3. The van der Waals surface area contributed by atoms with Gasteiger partial charge in [-0.2, -0.15) is 0 Å². The lowest BCUT2D eigenvalue weighted by molar-refractivity contribution is -0.115. The average molecular weight is 449 g/mol. The molecule has 0 saturated heterocycles. The van der Waals surface area contributed by atoms with Crippen LogP contribution in [0.5, 0.6) is 5.75 Å². The Morgan fingerprint density at radius 1 is 1.06 bits per heavy atom. The van der Waals surface area contributed by atoms with Crippen LogP contribution in [0, 0.1) is 5.82 Å². The standard InChI is InChI=1S/C25H21FN2O3S/c1-2-30-21-11-7-6-10-20(21)28-24(29)23(18-8-4-3-5-9-18)32-25-27-16-22(31-25)17-12-14-19(26)15-13-17/h3-16,23H,2H2,1H3,(H,28,29). The molecule has 0 saturated carbocycles. The van der Waals surface area contributed by atoms with Gasteiger partial charge in [-0.1, -0.05) is 42.5 Å². The number of nitrogens with one attached hydrogen (secondary N) is 1. The van der Waals surface area contributed by atoms with E-state index in [1.807, 2.05) is 55.5 Å². The number of halogens is 1. The van der Waals surface area contributed by atoms with Gasteiger partial charge in [-0.05, 0) is 60.6 Å². The minimum absolute atomic E-state index is 0.227. The van der Waals surface area contributed by atoms with E-state index >= 15 is 0 Å². The summed E-state index contributed by atoms with van der Waals surface area (Å²) in [4.78, 5) is 17.6. The third-order valence-electron chi connectivity index (χ3n) is 4.62. The highest BCUT2D eigenvalue weighted by atomic mass is 32.2. The topological polar surface area (TPSA) is 64.4 Å². The zero-order chi connectivity index (χ0) is 22.3. The summed E-state index contributed by atoms with van der Waals surface area (Å²) < 4.78 is 24.7. The third-order valence-corrected chi connectivity index (χ3v) is 5.73. The van der Waals surface area contributed by atoms with E-state index in [1.165, 1.54) is 23.9 Å². The van der Waals surface area contributed by atoms with Crippen LogP contribution in [0.4, 0.5) is 10.1 Å². The predicted octanol–water partition coefficient (Wildman–Crippen LogP) is 6.35. The molecule has 4 aromatic rings. The van der Waals surface area contributed by atoms with Gasteiger partial charge in [0, 0.05) is 5.56 Å². The molecule has 1 amide bonds. The van der Waals surface area contributed by atoms with Crippen molar-refractivity contribution in [3.05, 3.63) is 96.4 Å². The van der Waals surface area contributed by atoms with Crippen LogP contribution in [0.3, 0.4) is 0 Å². The van der Waals surface area contributed by atoms with E-state index in [-0.39, 0.29) is 11.7 Å². The van der Waals surface area contributed by atoms with E-state index in [1.54, 1.807) is 24.4 Å². The molecule has 32 heavy (non-hydrogen) atoms. The molecular weight excluding hydrogens is 427 g/mol. The Labute approximate surface area is 189 Å². The van der Waals surface area contributed by atoms with Gasteiger partial charge in [-0.25, -0.2) is 9.37 Å². The minimum atomic E-state index is -0.606.